The lowest BCUT2D eigenvalue weighted by Gasteiger charge is -2.29. The molecule has 2 fully saturated rings. The van der Waals surface area contributed by atoms with Crippen LogP contribution in [0.25, 0.3) is 5.76 Å². The molecule has 0 aromatic heterocycles. The van der Waals surface area contributed by atoms with Crippen molar-refractivity contribution in [2.24, 2.45) is 5.92 Å². The molecule has 8 heteroatoms. The number of anilines is 1. The predicted octanol–water partition coefficient (Wildman–Crippen LogP) is 5.17. The van der Waals surface area contributed by atoms with Gasteiger partial charge in [-0.05, 0) is 70.6 Å². The average molecular weight is 558 g/mol. The lowest BCUT2D eigenvalue weighted by molar-refractivity contribution is -0.138. The van der Waals surface area contributed by atoms with E-state index in [0.29, 0.717) is 36.2 Å². The molecule has 1 saturated heterocycles. The first-order chi connectivity index (χ1) is 17.6. The Morgan fingerprint density at radius 1 is 1.08 bits per heavy atom. The third-order valence-electron chi connectivity index (χ3n) is 6.86. The molecule has 0 spiro atoms. The fourth-order valence-electron chi connectivity index (χ4n) is 4.55. The molecule has 0 bridgehead atoms. The zero-order valence-corrected chi connectivity index (χ0v) is 22.3. The SMILES string of the molecule is COc1cc(C2=CCC(C(=O)C(OCC3CC3)c3ccc(N4CCOCC4)cc3)O2)cc(OC)c1Br. The number of methoxy groups -OCH3 is 2. The van der Waals surface area contributed by atoms with Crippen LogP contribution in [0.4, 0.5) is 5.69 Å². The van der Waals surface area contributed by atoms with Gasteiger partial charge in [0, 0.05) is 30.8 Å². The fraction of sp³-hybridized carbons (Fsp3) is 0.464. The Hall–Kier alpha value is -2.55. The highest BCUT2D eigenvalue weighted by Crippen LogP contribution is 2.40. The first kappa shape index (κ1) is 25.1. The maximum atomic E-state index is 13.7. The Kier molecular flexibility index (Phi) is 7.84. The minimum Gasteiger partial charge on any atom is -0.495 e. The second-order valence-corrected chi connectivity index (χ2v) is 10.1. The van der Waals surface area contributed by atoms with Crippen molar-refractivity contribution >= 4 is 33.2 Å². The maximum Gasteiger partial charge on any atom is 0.206 e. The number of halogens is 1. The number of hydrogen-bond donors (Lipinski definition) is 0. The molecule has 2 aliphatic heterocycles. The van der Waals surface area contributed by atoms with Gasteiger partial charge in [0.25, 0.3) is 0 Å². The van der Waals surface area contributed by atoms with E-state index in [0.717, 1.165) is 60.4 Å². The fourth-order valence-corrected chi connectivity index (χ4v) is 5.10. The van der Waals surface area contributed by atoms with E-state index in [1.165, 1.54) is 0 Å². The average Bonchev–Trinajstić information content (AvgIpc) is 3.62. The van der Waals surface area contributed by atoms with Crippen LogP contribution in [0.2, 0.25) is 0 Å². The smallest absolute Gasteiger partial charge is 0.206 e. The summed E-state index contributed by atoms with van der Waals surface area (Å²) in [7, 11) is 3.21. The number of ether oxygens (including phenoxy) is 5. The van der Waals surface area contributed by atoms with Crippen LogP contribution in [0, 0.1) is 5.92 Å². The highest BCUT2D eigenvalue weighted by atomic mass is 79.9. The Morgan fingerprint density at radius 2 is 1.75 bits per heavy atom. The monoisotopic (exact) mass is 557 g/mol. The van der Waals surface area contributed by atoms with Gasteiger partial charge in [0.2, 0.25) is 5.78 Å². The Morgan fingerprint density at radius 3 is 2.36 bits per heavy atom. The number of benzene rings is 2. The Balaban J connectivity index is 1.31. The van der Waals surface area contributed by atoms with E-state index >= 15 is 0 Å². The van der Waals surface area contributed by atoms with Crippen LogP contribution in [0.15, 0.2) is 46.9 Å². The molecule has 7 nitrogen and oxygen atoms in total. The van der Waals surface area contributed by atoms with E-state index in [4.69, 9.17) is 23.7 Å². The predicted molar refractivity (Wildman–Crippen MR) is 141 cm³/mol. The molecule has 0 N–H and O–H groups in total. The molecule has 0 radical (unpaired) electrons. The molecule has 1 saturated carbocycles. The molecule has 192 valence electrons. The lowest BCUT2D eigenvalue weighted by Crippen LogP contribution is -2.36. The van der Waals surface area contributed by atoms with Gasteiger partial charge in [-0.25, -0.2) is 0 Å². The van der Waals surface area contributed by atoms with Crippen molar-refractivity contribution in [3.63, 3.8) is 0 Å². The summed E-state index contributed by atoms with van der Waals surface area (Å²) in [4.78, 5) is 16.0. The van der Waals surface area contributed by atoms with Crippen molar-refractivity contribution in [1.29, 1.82) is 0 Å². The standard InChI is InChI=1S/C28H32BrNO6/c1-32-24-15-20(16-25(33-2)26(24)29)22-9-10-23(36-22)27(31)28(35-17-18-3-4-18)19-5-7-21(8-6-19)30-11-13-34-14-12-30/h5-9,15-16,18,23,28H,3-4,10-14,17H2,1-2H3. The van der Waals surface area contributed by atoms with E-state index in [9.17, 15) is 4.79 Å². The number of nitrogens with zero attached hydrogens (tertiary/aromatic N) is 1. The summed E-state index contributed by atoms with van der Waals surface area (Å²) >= 11 is 3.50. The molecule has 2 aromatic carbocycles. The topological polar surface area (TPSA) is 66.5 Å². The second kappa shape index (κ2) is 11.2. The van der Waals surface area contributed by atoms with Gasteiger partial charge < -0.3 is 28.6 Å². The van der Waals surface area contributed by atoms with E-state index in [1.54, 1.807) is 14.2 Å². The number of Topliss-reactive ketones (excluding diaryl/α,β-unsaturated/α-hetero) is 1. The van der Waals surface area contributed by atoms with Crippen LogP contribution in [0.1, 0.15) is 36.5 Å². The summed E-state index contributed by atoms with van der Waals surface area (Å²) in [6.45, 7) is 3.80. The van der Waals surface area contributed by atoms with E-state index in [2.05, 4.69) is 33.0 Å². The maximum absolute atomic E-state index is 13.7. The minimum atomic E-state index is -0.656. The normalized spacial score (nSPS) is 20.5. The molecule has 2 atom stereocenters. The number of rotatable bonds is 10. The van der Waals surface area contributed by atoms with Gasteiger partial charge in [-0.15, -0.1) is 0 Å². The van der Waals surface area contributed by atoms with Gasteiger partial charge in [0.05, 0.1) is 34.0 Å². The molecule has 0 amide bonds. The van der Waals surface area contributed by atoms with Crippen molar-refractivity contribution in [3.8, 4) is 11.5 Å². The first-order valence-corrected chi connectivity index (χ1v) is 13.2. The van der Waals surface area contributed by atoms with Gasteiger partial charge in [-0.1, -0.05) is 12.1 Å². The summed E-state index contributed by atoms with van der Waals surface area (Å²) in [5.74, 6) is 2.40. The van der Waals surface area contributed by atoms with E-state index in [1.807, 2.05) is 30.3 Å². The largest absolute Gasteiger partial charge is 0.495 e. The summed E-state index contributed by atoms with van der Waals surface area (Å²) < 4.78 is 29.5. The van der Waals surface area contributed by atoms with Crippen LogP contribution in [-0.4, -0.2) is 59.0 Å². The third kappa shape index (κ3) is 5.56. The number of hydrogen-bond acceptors (Lipinski definition) is 7. The van der Waals surface area contributed by atoms with Crippen LogP contribution in [-0.2, 0) is 19.0 Å². The molecular formula is C28H32BrNO6. The highest BCUT2D eigenvalue weighted by Gasteiger charge is 2.35. The number of ketones is 1. The van der Waals surface area contributed by atoms with Crippen LogP contribution >= 0.6 is 15.9 Å². The van der Waals surface area contributed by atoms with Gasteiger partial charge in [0.15, 0.2) is 6.10 Å². The number of carbonyl (C=O) groups excluding carboxylic acids is 1. The summed E-state index contributed by atoms with van der Waals surface area (Å²) in [5.41, 5.74) is 2.80. The Bertz CT molecular complexity index is 1080. The number of carbonyl (C=O) groups is 1. The van der Waals surface area contributed by atoms with Gasteiger partial charge in [-0.2, -0.15) is 0 Å². The van der Waals surface area contributed by atoms with Crippen LogP contribution in [0.5, 0.6) is 11.5 Å². The van der Waals surface area contributed by atoms with Crippen LogP contribution < -0.4 is 14.4 Å². The summed E-state index contributed by atoms with van der Waals surface area (Å²) in [5, 5.41) is 0. The van der Waals surface area contributed by atoms with Crippen molar-refractivity contribution in [1.82, 2.24) is 0 Å². The quantitative estimate of drug-likeness (QED) is 0.399. The third-order valence-corrected chi connectivity index (χ3v) is 7.64. The zero-order valence-electron chi connectivity index (χ0n) is 20.7. The molecule has 3 aliphatic rings. The highest BCUT2D eigenvalue weighted by molar-refractivity contribution is 9.10. The number of morpholine rings is 1. The second-order valence-electron chi connectivity index (χ2n) is 9.36. The molecule has 2 heterocycles. The van der Waals surface area contributed by atoms with Gasteiger partial charge in [0.1, 0.15) is 27.8 Å². The van der Waals surface area contributed by atoms with Crippen molar-refractivity contribution in [3.05, 3.63) is 58.1 Å². The Labute approximate surface area is 220 Å². The summed E-state index contributed by atoms with van der Waals surface area (Å²) in [6, 6.07) is 11.9. The van der Waals surface area contributed by atoms with Crippen molar-refractivity contribution in [2.45, 2.75) is 31.5 Å². The molecule has 36 heavy (non-hydrogen) atoms. The van der Waals surface area contributed by atoms with E-state index in [-0.39, 0.29) is 5.78 Å². The van der Waals surface area contributed by atoms with E-state index < -0.39 is 12.2 Å². The van der Waals surface area contributed by atoms with Crippen LogP contribution in [0.3, 0.4) is 0 Å². The molecule has 2 aromatic rings. The lowest BCUT2D eigenvalue weighted by atomic mass is 10.00. The zero-order chi connectivity index (χ0) is 25.1. The molecule has 1 aliphatic carbocycles. The minimum absolute atomic E-state index is 0.0583. The molecule has 5 rings (SSSR count). The summed E-state index contributed by atoms with van der Waals surface area (Å²) in [6.07, 6.45) is 3.50. The molecule has 2 unspecified atom stereocenters. The van der Waals surface area contributed by atoms with Crippen molar-refractivity contribution < 1.29 is 28.5 Å². The van der Waals surface area contributed by atoms with Gasteiger partial charge >= 0.3 is 0 Å². The van der Waals surface area contributed by atoms with Crippen molar-refractivity contribution in [2.75, 3.05) is 52.0 Å². The van der Waals surface area contributed by atoms with Gasteiger partial charge in [-0.3, -0.25) is 4.79 Å². The first-order valence-electron chi connectivity index (χ1n) is 12.4. The molecular weight excluding hydrogens is 526 g/mol.